The quantitative estimate of drug-likeness (QED) is 0.757. The van der Waals surface area contributed by atoms with Gasteiger partial charge in [0, 0.05) is 22.8 Å². The molecule has 0 saturated heterocycles. The molecule has 8 heteroatoms. The van der Waals surface area contributed by atoms with Gasteiger partial charge >= 0.3 is 0 Å². The van der Waals surface area contributed by atoms with Crippen molar-refractivity contribution in [3.63, 3.8) is 0 Å². The SMILES string of the molecule is CCNCc1ccc(S(=O)(=O)NCc2ccc(Br)s2)s1. The molecule has 0 aliphatic rings. The molecule has 0 saturated carbocycles. The summed E-state index contributed by atoms with van der Waals surface area (Å²) < 4.78 is 28.3. The predicted molar refractivity (Wildman–Crippen MR) is 87.7 cm³/mol. The zero-order chi connectivity index (χ0) is 14.6. The third kappa shape index (κ3) is 4.37. The Morgan fingerprint density at radius 3 is 2.45 bits per heavy atom. The number of rotatable bonds is 7. The summed E-state index contributed by atoms with van der Waals surface area (Å²) >= 11 is 6.19. The van der Waals surface area contributed by atoms with Gasteiger partial charge in [-0.3, -0.25) is 0 Å². The van der Waals surface area contributed by atoms with Crippen LogP contribution in [0.2, 0.25) is 0 Å². The fraction of sp³-hybridized carbons (Fsp3) is 0.333. The molecule has 0 spiro atoms. The summed E-state index contributed by atoms with van der Waals surface area (Å²) in [5, 5.41) is 3.18. The van der Waals surface area contributed by atoms with Crippen molar-refractivity contribution in [1.82, 2.24) is 10.0 Å². The molecule has 0 atom stereocenters. The maximum absolute atomic E-state index is 12.2. The Morgan fingerprint density at radius 2 is 1.80 bits per heavy atom. The van der Waals surface area contributed by atoms with E-state index in [0.717, 1.165) is 20.1 Å². The second kappa shape index (κ2) is 7.15. The molecule has 2 heterocycles. The van der Waals surface area contributed by atoms with Gasteiger partial charge in [-0.1, -0.05) is 6.92 Å². The van der Waals surface area contributed by atoms with Crippen molar-refractivity contribution >= 4 is 48.6 Å². The Labute approximate surface area is 135 Å². The monoisotopic (exact) mass is 394 g/mol. The molecule has 0 amide bonds. The minimum Gasteiger partial charge on any atom is -0.312 e. The van der Waals surface area contributed by atoms with Gasteiger partial charge in [0.15, 0.2) is 0 Å². The van der Waals surface area contributed by atoms with Crippen molar-refractivity contribution in [3.05, 3.63) is 37.8 Å². The lowest BCUT2D eigenvalue weighted by molar-refractivity contribution is 0.584. The van der Waals surface area contributed by atoms with E-state index < -0.39 is 10.0 Å². The summed E-state index contributed by atoms with van der Waals surface area (Å²) in [5.74, 6) is 0. The highest BCUT2D eigenvalue weighted by Crippen LogP contribution is 2.24. The molecule has 0 fully saturated rings. The van der Waals surface area contributed by atoms with Gasteiger partial charge < -0.3 is 5.32 Å². The van der Waals surface area contributed by atoms with Gasteiger partial charge in [0.2, 0.25) is 10.0 Å². The fourth-order valence-electron chi connectivity index (χ4n) is 1.53. The van der Waals surface area contributed by atoms with Crippen molar-refractivity contribution in [2.24, 2.45) is 0 Å². The molecule has 2 aromatic heterocycles. The van der Waals surface area contributed by atoms with Crippen LogP contribution in [0.5, 0.6) is 0 Å². The van der Waals surface area contributed by atoms with Crippen LogP contribution in [0, 0.1) is 0 Å². The molecular weight excluding hydrogens is 380 g/mol. The predicted octanol–water partition coefficient (Wildman–Crippen LogP) is 3.16. The largest absolute Gasteiger partial charge is 0.312 e. The molecule has 2 N–H and O–H groups in total. The first-order valence-corrected chi connectivity index (χ1v) is 9.95. The molecule has 0 aliphatic carbocycles. The third-order valence-corrected chi connectivity index (χ3v) is 7.12. The molecule has 0 radical (unpaired) electrons. The van der Waals surface area contributed by atoms with Gasteiger partial charge in [0.05, 0.1) is 3.79 Å². The van der Waals surface area contributed by atoms with Crippen LogP contribution in [0.25, 0.3) is 0 Å². The lowest BCUT2D eigenvalue weighted by Gasteiger charge is -2.02. The Morgan fingerprint density at radius 1 is 1.10 bits per heavy atom. The van der Waals surface area contributed by atoms with Gasteiger partial charge in [-0.05, 0) is 46.7 Å². The Kier molecular flexibility index (Phi) is 5.76. The van der Waals surface area contributed by atoms with Crippen LogP contribution in [0.15, 0.2) is 32.3 Å². The lowest BCUT2D eigenvalue weighted by atomic mass is 10.4. The van der Waals surface area contributed by atoms with Crippen molar-refractivity contribution in [2.75, 3.05) is 6.54 Å². The molecule has 2 aromatic rings. The van der Waals surface area contributed by atoms with E-state index in [9.17, 15) is 8.42 Å². The van der Waals surface area contributed by atoms with Crippen molar-refractivity contribution in [2.45, 2.75) is 24.2 Å². The summed E-state index contributed by atoms with van der Waals surface area (Å²) in [7, 11) is -3.42. The number of sulfonamides is 1. The standard InChI is InChI=1S/C12H15BrN2O2S3/c1-2-14-7-9-4-6-12(19-9)20(16,17)15-8-10-3-5-11(13)18-10/h3-6,14-15H,2,7-8H2,1H3. The molecular formula is C12H15BrN2O2S3. The summed E-state index contributed by atoms with van der Waals surface area (Å²) in [5.41, 5.74) is 0. The van der Waals surface area contributed by atoms with E-state index in [0.29, 0.717) is 17.3 Å². The van der Waals surface area contributed by atoms with Crippen LogP contribution in [-0.2, 0) is 23.1 Å². The molecule has 0 aromatic carbocycles. The minimum absolute atomic E-state index is 0.318. The number of halogens is 1. The van der Waals surface area contributed by atoms with E-state index in [1.807, 2.05) is 25.1 Å². The lowest BCUT2D eigenvalue weighted by Crippen LogP contribution is -2.21. The summed E-state index contributed by atoms with van der Waals surface area (Å²) in [6, 6.07) is 7.32. The molecule has 0 unspecified atom stereocenters. The first-order valence-electron chi connectivity index (χ1n) is 6.04. The Bertz CT molecular complexity index is 664. The zero-order valence-electron chi connectivity index (χ0n) is 10.8. The Balaban J connectivity index is 2.00. The van der Waals surface area contributed by atoms with E-state index in [-0.39, 0.29) is 0 Å². The average molecular weight is 395 g/mol. The number of thiophene rings is 2. The minimum atomic E-state index is -3.42. The maximum Gasteiger partial charge on any atom is 0.250 e. The number of hydrogen-bond donors (Lipinski definition) is 2. The van der Waals surface area contributed by atoms with Crippen molar-refractivity contribution in [1.29, 1.82) is 0 Å². The summed E-state index contributed by atoms with van der Waals surface area (Å²) in [4.78, 5) is 2.00. The number of nitrogens with one attached hydrogen (secondary N) is 2. The first-order chi connectivity index (χ1) is 9.51. The van der Waals surface area contributed by atoms with Crippen molar-refractivity contribution < 1.29 is 8.42 Å². The smallest absolute Gasteiger partial charge is 0.250 e. The highest BCUT2D eigenvalue weighted by Gasteiger charge is 2.16. The molecule has 2 rings (SSSR count). The molecule has 4 nitrogen and oxygen atoms in total. The Hall–Kier alpha value is -0.250. The van der Waals surface area contributed by atoms with Gasteiger partial charge in [-0.25, -0.2) is 13.1 Å². The van der Waals surface area contributed by atoms with E-state index in [1.54, 1.807) is 6.07 Å². The van der Waals surface area contributed by atoms with E-state index in [4.69, 9.17) is 0 Å². The van der Waals surface area contributed by atoms with Gasteiger partial charge in [0.25, 0.3) is 0 Å². The molecule has 0 bridgehead atoms. The maximum atomic E-state index is 12.2. The van der Waals surface area contributed by atoms with Gasteiger partial charge in [0.1, 0.15) is 4.21 Å². The first kappa shape index (κ1) is 16.1. The van der Waals surface area contributed by atoms with Crippen LogP contribution >= 0.6 is 38.6 Å². The number of hydrogen-bond acceptors (Lipinski definition) is 5. The van der Waals surface area contributed by atoms with Gasteiger partial charge in [-0.2, -0.15) is 0 Å². The average Bonchev–Trinajstić information content (AvgIpc) is 3.03. The summed E-state index contributed by atoms with van der Waals surface area (Å²) in [6.07, 6.45) is 0. The van der Waals surface area contributed by atoms with E-state index in [1.165, 1.54) is 22.7 Å². The topological polar surface area (TPSA) is 58.2 Å². The van der Waals surface area contributed by atoms with Crippen LogP contribution in [0.4, 0.5) is 0 Å². The van der Waals surface area contributed by atoms with E-state index in [2.05, 4.69) is 26.0 Å². The fourth-order valence-corrected chi connectivity index (χ4v) is 5.42. The van der Waals surface area contributed by atoms with E-state index >= 15 is 0 Å². The summed E-state index contributed by atoms with van der Waals surface area (Å²) in [6.45, 7) is 3.91. The van der Waals surface area contributed by atoms with Crippen LogP contribution < -0.4 is 10.0 Å². The molecule has 20 heavy (non-hydrogen) atoms. The van der Waals surface area contributed by atoms with Crippen LogP contribution in [-0.4, -0.2) is 15.0 Å². The van der Waals surface area contributed by atoms with Gasteiger partial charge in [-0.15, -0.1) is 22.7 Å². The second-order valence-corrected chi connectivity index (χ2v) is 9.74. The zero-order valence-corrected chi connectivity index (χ0v) is 14.9. The third-order valence-electron chi connectivity index (χ3n) is 2.52. The highest BCUT2D eigenvalue weighted by molar-refractivity contribution is 9.11. The molecule has 110 valence electrons. The van der Waals surface area contributed by atoms with Crippen molar-refractivity contribution in [3.8, 4) is 0 Å². The molecule has 0 aliphatic heterocycles. The van der Waals surface area contributed by atoms with Crippen LogP contribution in [0.3, 0.4) is 0 Å². The normalized spacial score (nSPS) is 11.9. The second-order valence-electron chi connectivity index (χ2n) is 4.03. The highest BCUT2D eigenvalue weighted by atomic mass is 79.9. The van der Waals surface area contributed by atoms with Crippen LogP contribution in [0.1, 0.15) is 16.7 Å².